The minimum absolute atomic E-state index is 0.177. The molecule has 0 aromatic carbocycles. The predicted octanol–water partition coefficient (Wildman–Crippen LogP) is 2.41. The lowest BCUT2D eigenvalue weighted by Crippen LogP contribution is -2.31. The molecule has 108 valence electrons. The van der Waals surface area contributed by atoms with Crippen molar-refractivity contribution in [3.63, 3.8) is 0 Å². The Labute approximate surface area is 117 Å². The van der Waals surface area contributed by atoms with Crippen molar-refractivity contribution in [2.45, 2.75) is 37.6 Å². The summed E-state index contributed by atoms with van der Waals surface area (Å²) < 4.78 is 37.5. The van der Waals surface area contributed by atoms with Crippen molar-refractivity contribution in [1.29, 1.82) is 0 Å². The van der Waals surface area contributed by atoms with Crippen LogP contribution < -0.4 is 0 Å². The molecule has 0 saturated carbocycles. The SMILES string of the molecule is Cc1noc(C)c1S(=O)(=O)N1CCC[C@@H]1c1ccco1. The third-order valence-corrected chi connectivity index (χ3v) is 5.76. The van der Waals surface area contributed by atoms with Gasteiger partial charge in [-0.3, -0.25) is 0 Å². The summed E-state index contributed by atoms with van der Waals surface area (Å²) in [5, 5.41) is 3.74. The van der Waals surface area contributed by atoms with Crippen LogP contribution in [0, 0.1) is 13.8 Å². The Morgan fingerprint density at radius 1 is 1.40 bits per heavy atom. The Bertz CT molecular complexity index is 683. The summed E-state index contributed by atoms with van der Waals surface area (Å²) >= 11 is 0. The number of aryl methyl sites for hydroxylation is 2. The van der Waals surface area contributed by atoms with Gasteiger partial charge in [0.1, 0.15) is 16.3 Å². The Morgan fingerprint density at radius 3 is 2.80 bits per heavy atom. The van der Waals surface area contributed by atoms with Gasteiger partial charge in [0, 0.05) is 6.54 Å². The van der Waals surface area contributed by atoms with Gasteiger partial charge in [-0.1, -0.05) is 5.16 Å². The normalized spacial score (nSPS) is 20.6. The van der Waals surface area contributed by atoms with E-state index in [1.54, 1.807) is 26.2 Å². The van der Waals surface area contributed by atoms with Gasteiger partial charge in [-0.25, -0.2) is 8.42 Å². The van der Waals surface area contributed by atoms with Gasteiger partial charge >= 0.3 is 0 Å². The van der Waals surface area contributed by atoms with E-state index in [2.05, 4.69) is 5.16 Å². The second kappa shape index (κ2) is 4.75. The molecule has 2 aromatic rings. The minimum Gasteiger partial charge on any atom is -0.468 e. The lowest BCUT2D eigenvalue weighted by molar-refractivity contribution is 0.338. The van der Waals surface area contributed by atoms with Crippen LogP contribution in [-0.2, 0) is 10.0 Å². The van der Waals surface area contributed by atoms with Crippen LogP contribution in [0.1, 0.15) is 36.1 Å². The number of furan rings is 1. The van der Waals surface area contributed by atoms with E-state index in [0.29, 0.717) is 23.8 Å². The van der Waals surface area contributed by atoms with Crippen LogP contribution in [-0.4, -0.2) is 24.4 Å². The lowest BCUT2D eigenvalue weighted by Gasteiger charge is -2.22. The van der Waals surface area contributed by atoms with Crippen molar-refractivity contribution >= 4 is 10.0 Å². The Morgan fingerprint density at radius 2 is 2.20 bits per heavy atom. The number of aromatic nitrogens is 1. The summed E-state index contributed by atoms with van der Waals surface area (Å²) in [7, 11) is -3.61. The fourth-order valence-corrected chi connectivity index (χ4v) is 4.71. The molecule has 6 nitrogen and oxygen atoms in total. The summed E-state index contributed by atoms with van der Waals surface area (Å²) in [6, 6.07) is 3.34. The predicted molar refractivity (Wildman–Crippen MR) is 70.6 cm³/mol. The molecule has 1 saturated heterocycles. The van der Waals surface area contributed by atoms with Crippen LogP contribution >= 0.6 is 0 Å². The van der Waals surface area contributed by atoms with Crippen molar-refractivity contribution in [2.24, 2.45) is 0 Å². The molecule has 1 atom stereocenters. The molecule has 7 heteroatoms. The zero-order valence-electron chi connectivity index (χ0n) is 11.4. The molecule has 0 unspecified atom stereocenters. The number of hydrogen-bond donors (Lipinski definition) is 0. The Hall–Kier alpha value is -1.60. The van der Waals surface area contributed by atoms with Crippen LogP contribution in [0.5, 0.6) is 0 Å². The van der Waals surface area contributed by atoms with E-state index >= 15 is 0 Å². The smallest absolute Gasteiger partial charge is 0.249 e. The zero-order chi connectivity index (χ0) is 14.3. The van der Waals surface area contributed by atoms with E-state index in [4.69, 9.17) is 8.94 Å². The van der Waals surface area contributed by atoms with Crippen LogP contribution in [0.3, 0.4) is 0 Å². The first kappa shape index (κ1) is 13.4. The van der Waals surface area contributed by atoms with Crippen LogP contribution in [0.2, 0.25) is 0 Å². The quantitative estimate of drug-likeness (QED) is 0.869. The minimum atomic E-state index is -3.61. The van der Waals surface area contributed by atoms with Gasteiger partial charge in [-0.15, -0.1) is 0 Å². The molecule has 1 aliphatic heterocycles. The summed E-state index contributed by atoms with van der Waals surface area (Å²) in [4.78, 5) is 0.177. The number of nitrogens with zero attached hydrogens (tertiary/aromatic N) is 2. The molecule has 1 aliphatic rings. The van der Waals surface area contributed by atoms with Crippen molar-refractivity contribution in [2.75, 3.05) is 6.54 Å². The van der Waals surface area contributed by atoms with Gasteiger partial charge in [0.25, 0.3) is 0 Å². The number of rotatable bonds is 3. The molecule has 0 spiro atoms. The largest absolute Gasteiger partial charge is 0.468 e. The fourth-order valence-electron chi connectivity index (χ4n) is 2.75. The summed E-state index contributed by atoms with van der Waals surface area (Å²) in [6.45, 7) is 3.74. The van der Waals surface area contributed by atoms with Gasteiger partial charge < -0.3 is 8.94 Å². The van der Waals surface area contributed by atoms with E-state index in [9.17, 15) is 8.42 Å². The topological polar surface area (TPSA) is 76.6 Å². The number of sulfonamides is 1. The van der Waals surface area contributed by atoms with E-state index < -0.39 is 10.0 Å². The first-order valence-electron chi connectivity index (χ1n) is 6.50. The zero-order valence-corrected chi connectivity index (χ0v) is 12.2. The molecule has 0 N–H and O–H groups in total. The van der Waals surface area contributed by atoms with Crippen LogP contribution in [0.4, 0.5) is 0 Å². The highest BCUT2D eigenvalue weighted by Crippen LogP contribution is 2.37. The van der Waals surface area contributed by atoms with Gasteiger partial charge in [0.2, 0.25) is 10.0 Å². The Kier molecular flexibility index (Phi) is 3.18. The summed E-state index contributed by atoms with van der Waals surface area (Å²) in [6.07, 6.45) is 3.14. The molecule has 1 fully saturated rings. The molecular weight excluding hydrogens is 280 g/mol. The van der Waals surface area contributed by atoms with Gasteiger partial charge in [0.15, 0.2) is 5.76 Å². The highest BCUT2D eigenvalue weighted by molar-refractivity contribution is 7.89. The monoisotopic (exact) mass is 296 g/mol. The highest BCUT2D eigenvalue weighted by atomic mass is 32.2. The third kappa shape index (κ3) is 1.97. The third-order valence-electron chi connectivity index (χ3n) is 3.61. The van der Waals surface area contributed by atoms with Crippen molar-refractivity contribution < 1.29 is 17.4 Å². The van der Waals surface area contributed by atoms with Crippen molar-refractivity contribution in [3.05, 3.63) is 35.6 Å². The molecule has 0 amide bonds. The van der Waals surface area contributed by atoms with Crippen molar-refractivity contribution in [3.8, 4) is 0 Å². The maximum absolute atomic E-state index is 12.8. The number of hydrogen-bond acceptors (Lipinski definition) is 5. The maximum Gasteiger partial charge on any atom is 0.249 e. The van der Waals surface area contributed by atoms with Crippen molar-refractivity contribution in [1.82, 2.24) is 9.46 Å². The molecule has 0 aliphatic carbocycles. The Balaban J connectivity index is 2.03. The second-order valence-electron chi connectivity index (χ2n) is 4.94. The molecule has 2 aromatic heterocycles. The van der Waals surface area contributed by atoms with Gasteiger partial charge in [-0.05, 0) is 38.8 Å². The highest BCUT2D eigenvalue weighted by Gasteiger charge is 2.40. The first-order valence-corrected chi connectivity index (χ1v) is 7.94. The summed E-state index contributed by atoms with van der Waals surface area (Å²) in [5.41, 5.74) is 0.396. The lowest BCUT2D eigenvalue weighted by atomic mass is 10.2. The maximum atomic E-state index is 12.8. The van der Waals surface area contributed by atoms with Crippen LogP contribution in [0.25, 0.3) is 0 Å². The molecule has 3 heterocycles. The fraction of sp³-hybridized carbons (Fsp3) is 0.462. The molecule has 3 rings (SSSR count). The van der Waals surface area contributed by atoms with Crippen LogP contribution in [0.15, 0.2) is 32.2 Å². The van der Waals surface area contributed by atoms with E-state index in [1.807, 2.05) is 6.07 Å². The van der Waals surface area contributed by atoms with E-state index in [1.165, 1.54) is 4.31 Å². The van der Waals surface area contributed by atoms with E-state index in [-0.39, 0.29) is 10.9 Å². The molecule has 0 radical (unpaired) electrons. The second-order valence-corrected chi connectivity index (χ2v) is 6.77. The van der Waals surface area contributed by atoms with E-state index in [0.717, 1.165) is 12.8 Å². The summed E-state index contributed by atoms with van der Waals surface area (Å²) in [5.74, 6) is 1.01. The first-order chi connectivity index (χ1) is 9.51. The molecular formula is C13H16N2O4S. The standard InChI is InChI=1S/C13H16N2O4S/c1-9-13(10(2)19-14-9)20(16,17)15-7-3-5-11(15)12-6-4-8-18-12/h4,6,8,11H,3,5,7H2,1-2H3/t11-/m1/s1. The average Bonchev–Trinajstić information content (AvgIpc) is 3.08. The average molecular weight is 296 g/mol. The molecule has 20 heavy (non-hydrogen) atoms. The van der Waals surface area contributed by atoms with Gasteiger partial charge in [-0.2, -0.15) is 4.31 Å². The van der Waals surface area contributed by atoms with Gasteiger partial charge in [0.05, 0.1) is 12.3 Å². The molecule has 0 bridgehead atoms.